The summed E-state index contributed by atoms with van der Waals surface area (Å²) in [5, 5.41) is 0. The summed E-state index contributed by atoms with van der Waals surface area (Å²) in [7, 11) is 0.991. The van der Waals surface area contributed by atoms with Crippen LogP contribution < -0.4 is 4.98 Å². The van der Waals surface area contributed by atoms with E-state index in [4.69, 9.17) is 4.74 Å². The minimum absolute atomic E-state index is 0.293. The number of rotatable bonds is 5. The second-order valence-corrected chi connectivity index (χ2v) is 3.08. The SMILES string of the molecule is C=C(C)C(=O)OCCCN[SiH3]. The molecular weight excluding hydrogens is 158 g/mol. The molecular formula is C7H15NO2Si. The number of hydrogen-bond acceptors (Lipinski definition) is 3. The van der Waals surface area contributed by atoms with Crippen LogP contribution in [0.25, 0.3) is 0 Å². The van der Waals surface area contributed by atoms with Crippen LogP contribution in [-0.2, 0) is 9.53 Å². The standard InChI is InChI=1S/C7H15NO2Si/c1-6(2)7(9)10-5-3-4-8-11/h8H,1,3-5H2,2,11H3. The van der Waals surface area contributed by atoms with Gasteiger partial charge in [0, 0.05) is 5.57 Å². The highest BCUT2D eigenvalue weighted by molar-refractivity contribution is 6.04. The molecule has 3 nitrogen and oxygen atoms in total. The van der Waals surface area contributed by atoms with Crippen molar-refractivity contribution in [1.82, 2.24) is 4.98 Å². The van der Waals surface area contributed by atoms with Crippen LogP contribution >= 0.6 is 0 Å². The van der Waals surface area contributed by atoms with Gasteiger partial charge in [0.2, 0.25) is 0 Å². The van der Waals surface area contributed by atoms with Gasteiger partial charge in [0.1, 0.15) is 0 Å². The van der Waals surface area contributed by atoms with Crippen molar-refractivity contribution >= 4 is 16.4 Å². The lowest BCUT2D eigenvalue weighted by atomic mass is 10.4. The first-order valence-electron chi connectivity index (χ1n) is 3.65. The van der Waals surface area contributed by atoms with Crippen molar-refractivity contribution in [3.8, 4) is 0 Å². The van der Waals surface area contributed by atoms with Gasteiger partial charge in [0.05, 0.1) is 17.0 Å². The fraction of sp³-hybridized carbons (Fsp3) is 0.571. The minimum atomic E-state index is -0.293. The maximum atomic E-state index is 10.8. The number of carbonyl (C=O) groups is 1. The van der Waals surface area contributed by atoms with Gasteiger partial charge in [-0.15, -0.1) is 0 Å². The summed E-state index contributed by atoms with van der Waals surface area (Å²) >= 11 is 0. The van der Waals surface area contributed by atoms with E-state index < -0.39 is 0 Å². The molecule has 0 radical (unpaired) electrons. The van der Waals surface area contributed by atoms with Crippen molar-refractivity contribution in [2.24, 2.45) is 0 Å². The first-order valence-corrected chi connectivity index (χ1v) is 4.65. The van der Waals surface area contributed by atoms with E-state index in [9.17, 15) is 4.79 Å². The molecule has 4 heteroatoms. The van der Waals surface area contributed by atoms with Crippen molar-refractivity contribution in [3.63, 3.8) is 0 Å². The summed E-state index contributed by atoms with van der Waals surface area (Å²) in [5.74, 6) is -0.293. The van der Waals surface area contributed by atoms with Gasteiger partial charge in [-0.1, -0.05) is 6.58 Å². The van der Waals surface area contributed by atoms with E-state index >= 15 is 0 Å². The highest BCUT2D eigenvalue weighted by atomic mass is 28.2. The number of esters is 1. The molecule has 0 heterocycles. The summed E-state index contributed by atoms with van der Waals surface area (Å²) in [5.41, 5.74) is 0.462. The number of carbonyl (C=O) groups excluding carboxylic acids is 1. The van der Waals surface area contributed by atoms with Gasteiger partial charge < -0.3 is 9.72 Å². The van der Waals surface area contributed by atoms with Gasteiger partial charge in [0.25, 0.3) is 0 Å². The molecule has 0 rings (SSSR count). The second kappa shape index (κ2) is 6.12. The zero-order chi connectivity index (χ0) is 8.69. The third-order valence-electron chi connectivity index (χ3n) is 1.15. The third kappa shape index (κ3) is 5.81. The monoisotopic (exact) mass is 173 g/mol. The van der Waals surface area contributed by atoms with E-state index in [-0.39, 0.29) is 5.97 Å². The Kier molecular flexibility index (Phi) is 5.78. The Morgan fingerprint density at radius 3 is 2.82 bits per heavy atom. The predicted molar refractivity (Wildman–Crippen MR) is 48.3 cm³/mol. The van der Waals surface area contributed by atoms with Crippen LogP contribution in [0.2, 0.25) is 0 Å². The molecule has 0 fully saturated rings. The highest BCUT2D eigenvalue weighted by Crippen LogP contribution is 1.92. The lowest BCUT2D eigenvalue weighted by Crippen LogP contribution is -2.14. The molecule has 0 aromatic rings. The third-order valence-corrected chi connectivity index (χ3v) is 1.65. The quantitative estimate of drug-likeness (QED) is 0.260. The zero-order valence-electron chi connectivity index (χ0n) is 7.14. The van der Waals surface area contributed by atoms with Gasteiger partial charge in [-0.3, -0.25) is 0 Å². The minimum Gasteiger partial charge on any atom is -0.462 e. The largest absolute Gasteiger partial charge is 0.462 e. The Morgan fingerprint density at radius 1 is 1.73 bits per heavy atom. The van der Waals surface area contributed by atoms with Crippen molar-refractivity contribution in [3.05, 3.63) is 12.2 Å². The molecule has 0 saturated carbocycles. The summed E-state index contributed by atoms with van der Waals surface area (Å²) in [4.78, 5) is 13.9. The molecule has 0 bridgehead atoms. The van der Waals surface area contributed by atoms with Crippen LogP contribution in [0, 0.1) is 0 Å². The van der Waals surface area contributed by atoms with Crippen molar-refractivity contribution in [2.75, 3.05) is 13.2 Å². The van der Waals surface area contributed by atoms with E-state index in [1.807, 2.05) is 0 Å². The topological polar surface area (TPSA) is 38.3 Å². The lowest BCUT2D eigenvalue weighted by Gasteiger charge is -2.02. The molecule has 0 aliphatic heterocycles. The number of ether oxygens (including phenoxy) is 1. The van der Waals surface area contributed by atoms with Crippen LogP contribution in [-0.4, -0.2) is 29.5 Å². The highest BCUT2D eigenvalue weighted by Gasteiger charge is 2.00. The molecule has 64 valence electrons. The molecule has 11 heavy (non-hydrogen) atoms. The van der Waals surface area contributed by atoms with Crippen LogP contribution in [0.4, 0.5) is 0 Å². The van der Waals surface area contributed by atoms with E-state index in [1.165, 1.54) is 0 Å². The van der Waals surface area contributed by atoms with E-state index in [0.29, 0.717) is 12.2 Å². The Hall–Kier alpha value is -0.613. The van der Waals surface area contributed by atoms with Crippen molar-refractivity contribution in [1.29, 1.82) is 0 Å². The van der Waals surface area contributed by atoms with Crippen LogP contribution in [0.15, 0.2) is 12.2 Å². The first-order chi connectivity index (χ1) is 5.18. The number of hydrogen-bond donors (Lipinski definition) is 1. The van der Waals surface area contributed by atoms with Gasteiger partial charge in [-0.05, 0) is 19.9 Å². The fourth-order valence-corrected chi connectivity index (χ4v) is 0.891. The molecule has 0 aromatic heterocycles. The Labute approximate surface area is 70.3 Å². The Bertz CT molecular complexity index is 147. The van der Waals surface area contributed by atoms with Crippen molar-refractivity contribution in [2.45, 2.75) is 13.3 Å². The summed E-state index contributed by atoms with van der Waals surface area (Å²) in [6.45, 7) is 6.53. The summed E-state index contributed by atoms with van der Waals surface area (Å²) in [6, 6.07) is 0. The average molecular weight is 173 g/mol. The van der Waals surface area contributed by atoms with Crippen molar-refractivity contribution < 1.29 is 9.53 Å². The van der Waals surface area contributed by atoms with Gasteiger partial charge in [-0.25, -0.2) is 4.79 Å². The maximum absolute atomic E-state index is 10.8. The zero-order valence-corrected chi connectivity index (χ0v) is 9.14. The van der Waals surface area contributed by atoms with E-state index in [2.05, 4.69) is 11.6 Å². The molecule has 0 spiro atoms. The fourth-order valence-electron chi connectivity index (χ4n) is 0.537. The van der Waals surface area contributed by atoms with Gasteiger partial charge in [-0.2, -0.15) is 0 Å². The molecule has 0 aliphatic rings. The Morgan fingerprint density at radius 2 is 2.36 bits per heavy atom. The first kappa shape index (κ1) is 10.4. The van der Waals surface area contributed by atoms with Gasteiger partial charge in [0.15, 0.2) is 0 Å². The summed E-state index contributed by atoms with van der Waals surface area (Å²) < 4.78 is 4.84. The number of nitrogens with one attached hydrogen (secondary N) is 1. The average Bonchev–Trinajstić information content (AvgIpc) is 1.97. The molecule has 0 amide bonds. The van der Waals surface area contributed by atoms with Crippen LogP contribution in [0.1, 0.15) is 13.3 Å². The van der Waals surface area contributed by atoms with E-state index in [1.54, 1.807) is 6.92 Å². The smallest absolute Gasteiger partial charge is 0.333 e. The lowest BCUT2D eigenvalue weighted by molar-refractivity contribution is -0.138. The van der Waals surface area contributed by atoms with E-state index in [0.717, 1.165) is 23.4 Å². The molecule has 0 aromatic carbocycles. The second-order valence-electron chi connectivity index (χ2n) is 2.37. The molecule has 1 N–H and O–H groups in total. The van der Waals surface area contributed by atoms with Gasteiger partial charge >= 0.3 is 5.97 Å². The molecule has 0 unspecified atom stereocenters. The summed E-state index contributed by atoms with van der Waals surface area (Å²) in [6.07, 6.45) is 0.878. The maximum Gasteiger partial charge on any atom is 0.333 e. The molecule has 0 atom stereocenters. The predicted octanol–water partition coefficient (Wildman–Crippen LogP) is -0.634. The molecule has 0 saturated heterocycles. The normalized spacial score (nSPS) is 9.55. The van der Waals surface area contributed by atoms with Crippen LogP contribution in [0.5, 0.6) is 0 Å². The van der Waals surface area contributed by atoms with Crippen LogP contribution in [0.3, 0.4) is 0 Å². The Balaban J connectivity index is 3.25. The molecule has 0 aliphatic carbocycles.